The van der Waals surface area contributed by atoms with Crippen molar-refractivity contribution in [1.29, 1.82) is 0 Å². The van der Waals surface area contributed by atoms with Gasteiger partial charge in [-0.05, 0) is 51.2 Å². The quantitative estimate of drug-likeness (QED) is 0.871. The molecule has 1 aliphatic heterocycles. The van der Waals surface area contributed by atoms with E-state index in [-0.39, 0.29) is 6.61 Å². The Morgan fingerprint density at radius 1 is 1.42 bits per heavy atom. The molecule has 0 aromatic carbocycles. The smallest absolute Gasteiger partial charge is 0.133 e. The summed E-state index contributed by atoms with van der Waals surface area (Å²) < 4.78 is 0. The monoisotopic (exact) mass is 263 g/mol. The van der Waals surface area contributed by atoms with Crippen LogP contribution in [0.3, 0.4) is 0 Å². The third-order valence-electron chi connectivity index (χ3n) is 4.02. The Balaban J connectivity index is 2.37. The molecule has 3 N–H and O–H groups in total. The molecule has 4 heteroatoms. The van der Waals surface area contributed by atoms with Crippen LogP contribution in [0, 0.1) is 13.8 Å². The van der Waals surface area contributed by atoms with Crippen molar-refractivity contribution in [2.45, 2.75) is 52.1 Å². The zero-order chi connectivity index (χ0) is 13.8. The zero-order valence-electron chi connectivity index (χ0n) is 12.0. The van der Waals surface area contributed by atoms with Crippen molar-refractivity contribution >= 4 is 5.82 Å². The molecule has 106 valence electrons. The lowest BCUT2D eigenvalue weighted by Crippen LogP contribution is -2.41. The molecule has 0 saturated carbocycles. The van der Waals surface area contributed by atoms with Crippen molar-refractivity contribution in [2.75, 3.05) is 18.1 Å². The number of aromatic nitrogens is 1. The molecule has 4 nitrogen and oxygen atoms in total. The molecule has 1 fully saturated rings. The maximum absolute atomic E-state index is 9.25. The maximum Gasteiger partial charge on any atom is 0.133 e. The van der Waals surface area contributed by atoms with Gasteiger partial charge in [0.15, 0.2) is 0 Å². The number of anilines is 1. The van der Waals surface area contributed by atoms with Gasteiger partial charge in [0.2, 0.25) is 0 Å². The van der Waals surface area contributed by atoms with Gasteiger partial charge in [-0.2, -0.15) is 0 Å². The Labute approximate surface area is 115 Å². The van der Waals surface area contributed by atoms with E-state index in [4.69, 9.17) is 10.7 Å². The summed E-state index contributed by atoms with van der Waals surface area (Å²) in [5.74, 6) is 1.04. The molecule has 2 rings (SSSR count). The van der Waals surface area contributed by atoms with Gasteiger partial charge >= 0.3 is 0 Å². The van der Waals surface area contributed by atoms with Crippen molar-refractivity contribution in [3.8, 4) is 0 Å². The highest BCUT2D eigenvalue weighted by atomic mass is 16.3. The Morgan fingerprint density at radius 3 is 2.89 bits per heavy atom. The van der Waals surface area contributed by atoms with E-state index in [2.05, 4.69) is 17.9 Å². The van der Waals surface area contributed by atoms with Crippen molar-refractivity contribution in [3.05, 3.63) is 22.9 Å². The molecule has 1 aromatic heterocycles. The van der Waals surface area contributed by atoms with Crippen molar-refractivity contribution in [2.24, 2.45) is 5.73 Å². The first kappa shape index (κ1) is 14.3. The van der Waals surface area contributed by atoms with Gasteiger partial charge in [0, 0.05) is 37.0 Å². The number of aryl methyl sites for hydroxylation is 2. The number of hydrogen-bond donors (Lipinski definition) is 2. The summed E-state index contributed by atoms with van der Waals surface area (Å²) in [7, 11) is 0. The standard InChI is InChI=1S/C15H25N3O/c1-11-9-12(2)17-15(14(11)10-16)18-7-4-3-5-13(18)6-8-19/h9,13,19H,3-8,10,16H2,1-2H3. The van der Waals surface area contributed by atoms with Crippen LogP contribution in [-0.2, 0) is 6.54 Å². The second-order valence-corrected chi connectivity index (χ2v) is 5.44. The van der Waals surface area contributed by atoms with Gasteiger partial charge in [0.1, 0.15) is 5.82 Å². The number of rotatable bonds is 4. The molecule has 2 heterocycles. The van der Waals surface area contributed by atoms with Crippen LogP contribution in [0.2, 0.25) is 0 Å². The van der Waals surface area contributed by atoms with Gasteiger partial charge in [-0.15, -0.1) is 0 Å². The first-order valence-corrected chi connectivity index (χ1v) is 7.22. The second kappa shape index (κ2) is 6.35. The zero-order valence-corrected chi connectivity index (χ0v) is 12.0. The molecule has 1 unspecified atom stereocenters. The van der Waals surface area contributed by atoms with Crippen LogP contribution in [-0.4, -0.2) is 29.3 Å². The van der Waals surface area contributed by atoms with Crippen molar-refractivity contribution in [3.63, 3.8) is 0 Å². The van der Waals surface area contributed by atoms with Crippen molar-refractivity contribution < 1.29 is 5.11 Å². The number of aliphatic hydroxyl groups excluding tert-OH is 1. The van der Waals surface area contributed by atoms with E-state index in [0.717, 1.165) is 36.5 Å². The highest BCUT2D eigenvalue weighted by Gasteiger charge is 2.25. The maximum atomic E-state index is 9.25. The Kier molecular flexibility index (Phi) is 4.77. The molecule has 1 saturated heterocycles. The minimum absolute atomic E-state index is 0.240. The van der Waals surface area contributed by atoms with E-state index < -0.39 is 0 Å². The predicted molar refractivity (Wildman–Crippen MR) is 78.3 cm³/mol. The van der Waals surface area contributed by atoms with Crippen LogP contribution in [0.25, 0.3) is 0 Å². The predicted octanol–water partition coefficient (Wildman–Crippen LogP) is 1.90. The normalized spacial score (nSPS) is 19.8. The fraction of sp³-hybridized carbons (Fsp3) is 0.667. The molecule has 0 radical (unpaired) electrons. The highest BCUT2D eigenvalue weighted by molar-refractivity contribution is 5.52. The van der Waals surface area contributed by atoms with Crippen LogP contribution in [0.1, 0.15) is 42.5 Å². The average molecular weight is 263 g/mol. The Hall–Kier alpha value is -1.13. The van der Waals surface area contributed by atoms with Crippen LogP contribution in [0.5, 0.6) is 0 Å². The van der Waals surface area contributed by atoms with Crippen molar-refractivity contribution in [1.82, 2.24) is 4.98 Å². The number of pyridine rings is 1. The summed E-state index contributed by atoms with van der Waals surface area (Å²) >= 11 is 0. The highest BCUT2D eigenvalue weighted by Crippen LogP contribution is 2.29. The molecule has 1 aliphatic rings. The summed E-state index contributed by atoms with van der Waals surface area (Å²) in [6, 6.07) is 2.49. The summed E-state index contributed by atoms with van der Waals surface area (Å²) in [6.45, 7) is 5.92. The van der Waals surface area contributed by atoms with E-state index in [1.54, 1.807) is 0 Å². The Morgan fingerprint density at radius 2 is 2.21 bits per heavy atom. The fourth-order valence-corrected chi connectivity index (χ4v) is 3.06. The lowest BCUT2D eigenvalue weighted by atomic mass is 9.98. The third kappa shape index (κ3) is 3.07. The van der Waals surface area contributed by atoms with Gasteiger partial charge in [-0.25, -0.2) is 4.98 Å². The minimum atomic E-state index is 0.240. The van der Waals surface area contributed by atoms with Crippen LogP contribution in [0.4, 0.5) is 5.82 Å². The SMILES string of the molecule is Cc1cc(C)c(CN)c(N2CCCCC2CCO)n1. The number of piperidine rings is 1. The molecular weight excluding hydrogens is 238 g/mol. The van der Waals surface area contributed by atoms with E-state index in [1.807, 2.05) is 6.92 Å². The molecule has 0 spiro atoms. The van der Waals surface area contributed by atoms with E-state index in [0.29, 0.717) is 12.6 Å². The van der Waals surface area contributed by atoms with Gasteiger partial charge in [-0.3, -0.25) is 0 Å². The topological polar surface area (TPSA) is 62.4 Å². The van der Waals surface area contributed by atoms with Gasteiger partial charge in [0.05, 0.1) is 0 Å². The lowest BCUT2D eigenvalue weighted by molar-refractivity contribution is 0.262. The van der Waals surface area contributed by atoms with E-state index in [9.17, 15) is 5.11 Å². The number of nitrogens with zero attached hydrogens (tertiary/aromatic N) is 2. The van der Waals surface area contributed by atoms with E-state index in [1.165, 1.54) is 18.4 Å². The summed E-state index contributed by atoms with van der Waals surface area (Å²) in [5.41, 5.74) is 9.32. The van der Waals surface area contributed by atoms with Gasteiger partial charge in [0.25, 0.3) is 0 Å². The summed E-state index contributed by atoms with van der Waals surface area (Å²) in [4.78, 5) is 7.09. The van der Waals surface area contributed by atoms with E-state index >= 15 is 0 Å². The molecular formula is C15H25N3O. The molecule has 1 atom stereocenters. The first-order chi connectivity index (χ1) is 9.17. The van der Waals surface area contributed by atoms with Gasteiger partial charge in [-0.1, -0.05) is 0 Å². The van der Waals surface area contributed by atoms with Crippen LogP contribution in [0.15, 0.2) is 6.07 Å². The average Bonchev–Trinajstić information content (AvgIpc) is 2.39. The van der Waals surface area contributed by atoms with Crippen LogP contribution >= 0.6 is 0 Å². The Bertz CT molecular complexity index is 432. The lowest BCUT2D eigenvalue weighted by Gasteiger charge is -2.38. The fourth-order valence-electron chi connectivity index (χ4n) is 3.06. The summed E-state index contributed by atoms with van der Waals surface area (Å²) in [5, 5.41) is 9.25. The molecule has 0 amide bonds. The number of nitrogens with two attached hydrogens (primary N) is 1. The third-order valence-corrected chi connectivity index (χ3v) is 4.02. The second-order valence-electron chi connectivity index (χ2n) is 5.44. The summed E-state index contributed by atoms with van der Waals surface area (Å²) in [6.07, 6.45) is 4.39. The number of hydrogen-bond acceptors (Lipinski definition) is 4. The molecule has 0 bridgehead atoms. The van der Waals surface area contributed by atoms with Crippen LogP contribution < -0.4 is 10.6 Å². The molecule has 1 aromatic rings. The largest absolute Gasteiger partial charge is 0.396 e. The van der Waals surface area contributed by atoms with Gasteiger partial charge < -0.3 is 15.7 Å². The number of aliphatic hydroxyl groups is 1. The molecule has 19 heavy (non-hydrogen) atoms. The minimum Gasteiger partial charge on any atom is -0.396 e. The molecule has 0 aliphatic carbocycles. The first-order valence-electron chi connectivity index (χ1n) is 7.22.